The molecular weight excluding hydrogens is 464 g/mol. The summed E-state index contributed by atoms with van der Waals surface area (Å²) in [6, 6.07) is 16.0. The maximum atomic E-state index is 13.9. The normalized spacial score (nSPS) is 16.3. The number of hydrogen-bond acceptors (Lipinski definition) is 6. The van der Waals surface area contributed by atoms with Gasteiger partial charge in [0.2, 0.25) is 0 Å². The average Bonchev–Trinajstić information content (AvgIpc) is 3.75. The summed E-state index contributed by atoms with van der Waals surface area (Å²) in [6.45, 7) is 6.12. The summed E-state index contributed by atoms with van der Waals surface area (Å²) in [6.07, 6.45) is 4.98. The summed E-state index contributed by atoms with van der Waals surface area (Å²) in [4.78, 5) is 27.8. The highest BCUT2D eigenvalue weighted by Crippen LogP contribution is 2.41. The van der Waals surface area contributed by atoms with E-state index >= 15 is 0 Å². The Balaban J connectivity index is 1.20. The molecule has 190 valence electrons. The molecule has 8 nitrogen and oxygen atoms in total. The Bertz CT molecular complexity index is 1400. The molecule has 1 aromatic carbocycles. The fourth-order valence-electron chi connectivity index (χ4n) is 5.13. The number of benzene rings is 1. The van der Waals surface area contributed by atoms with Crippen LogP contribution >= 0.6 is 0 Å². The van der Waals surface area contributed by atoms with Crippen LogP contribution in [-0.2, 0) is 6.42 Å². The SMILES string of the molecule is COc1ccc(CCN2CCN(C(=O)c3cc(C4CC4)nc4c3c(C)nn4-c3ccccn3)CC2)cc1. The van der Waals surface area contributed by atoms with E-state index in [0.29, 0.717) is 11.7 Å². The monoisotopic (exact) mass is 496 g/mol. The van der Waals surface area contributed by atoms with Gasteiger partial charge in [-0.2, -0.15) is 9.78 Å². The quantitative estimate of drug-likeness (QED) is 0.385. The number of carbonyl (C=O) groups is 1. The Morgan fingerprint density at radius 3 is 2.51 bits per heavy atom. The van der Waals surface area contributed by atoms with Crippen LogP contribution in [-0.4, -0.2) is 75.3 Å². The van der Waals surface area contributed by atoms with Gasteiger partial charge in [0.15, 0.2) is 11.5 Å². The maximum absolute atomic E-state index is 13.9. The highest BCUT2D eigenvalue weighted by molar-refractivity contribution is 6.06. The van der Waals surface area contributed by atoms with Crippen molar-refractivity contribution < 1.29 is 9.53 Å². The summed E-state index contributed by atoms with van der Waals surface area (Å²) >= 11 is 0. The number of pyridine rings is 2. The first kappa shape index (κ1) is 23.6. The van der Waals surface area contributed by atoms with E-state index in [0.717, 1.165) is 85.7 Å². The van der Waals surface area contributed by atoms with E-state index in [-0.39, 0.29) is 5.91 Å². The zero-order chi connectivity index (χ0) is 25.4. The summed E-state index contributed by atoms with van der Waals surface area (Å²) in [5, 5.41) is 5.59. The Labute approximate surface area is 216 Å². The Morgan fingerprint density at radius 2 is 1.84 bits per heavy atom. The first-order valence-corrected chi connectivity index (χ1v) is 13.1. The molecule has 0 spiro atoms. The van der Waals surface area contributed by atoms with Crippen LogP contribution in [0.5, 0.6) is 5.75 Å². The van der Waals surface area contributed by atoms with Crippen molar-refractivity contribution in [1.82, 2.24) is 29.5 Å². The topological polar surface area (TPSA) is 76.4 Å². The minimum absolute atomic E-state index is 0.0766. The molecule has 3 aromatic heterocycles. The van der Waals surface area contributed by atoms with E-state index in [2.05, 4.69) is 22.0 Å². The molecule has 1 saturated carbocycles. The third-order valence-electron chi connectivity index (χ3n) is 7.46. The molecular formula is C29H32N6O2. The maximum Gasteiger partial charge on any atom is 0.254 e. The minimum Gasteiger partial charge on any atom is -0.497 e. The van der Waals surface area contributed by atoms with E-state index in [4.69, 9.17) is 14.8 Å². The molecule has 4 heterocycles. The lowest BCUT2D eigenvalue weighted by Gasteiger charge is -2.35. The van der Waals surface area contributed by atoms with Gasteiger partial charge in [0.25, 0.3) is 5.91 Å². The van der Waals surface area contributed by atoms with Crippen molar-refractivity contribution in [2.24, 2.45) is 0 Å². The standard InChI is InChI=1S/C29H32N6O2/c1-20-27-24(19-25(22-8-9-22)31-28(27)35(32-20)26-5-3-4-13-30-26)29(36)34-17-15-33(16-18-34)14-12-21-6-10-23(37-2)11-7-21/h3-7,10-11,13,19,22H,8-9,12,14-18H2,1-2H3. The van der Waals surface area contributed by atoms with Crippen LogP contribution in [0.25, 0.3) is 16.9 Å². The van der Waals surface area contributed by atoms with Gasteiger partial charge in [0.05, 0.1) is 23.8 Å². The van der Waals surface area contributed by atoms with Crippen LogP contribution in [0, 0.1) is 6.92 Å². The summed E-state index contributed by atoms with van der Waals surface area (Å²) in [5.41, 5.74) is 4.54. The summed E-state index contributed by atoms with van der Waals surface area (Å²) < 4.78 is 7.04. The predicted octanol–water partition coefficient (Wildman–Crippen LogP) is 4.01. The molecule has 37 heavy (non-hydrogen) atoms. The van der Waals surface area contributed by atoms with Crippen molar-refractivity contribution >= 4 is 16.9 Å². The number of carbonyl (C=O) groups excluding carboxylic acids is 1. The second-order valence-corrected chi connectivity index (χ2v) is 9.98. The molecule has 0 N–H and O–H groups in total. The molecule has 1 aliphatic heterocycles. The van der Waals surface area contributed by atoms with E-state index in [1.54, 1.807) is 18.0 Å². The molecule has 2 fully saturated rings. The molecule has 0 unspecified atom stereocenters. The Kier molecular flexibility index (Phi) is 6.34. The third-order valence-corrected chi connectivity index (χ3v) is 7.46. The van der Waals surface area contributed by atoms with Gasteiger partial charge in [0, 0.05) is 50.5 Å². The van der Waals surface area contributed by atoms with Crippen molar-refractivity contribution in [2.45, 2.75) is 32.1 Å². The molecule has 1 amide bonds. The van der Waals surface area contributed by atoms with E-state index in [9.17, 15) is 4.79 Å². The number of hydrogen-bond donors (Lipinski definition) is 0. The van der Waals surface area contributed by atoms with E-state index in [1.807, 2.05) is 48.2 Å². The number of ether oxygens (including phenoxy) is 1. The average molecular weight is 497 g/mol. The van der Waals surface area contributed by atoms with Gasteiger partial charge in [-0.25, -0.2) is 9.97 Å². The number of rotatable bonds is 7. The van der Waals surface area contributed by atoms with Gasteiger partial charge < -0.3 is 9.64 Å². The number of amides is 1. The highest BCUT2D eigenvalue weighted by atomic mass is 16.5. The number of fused-ring (bicyclic) bond motifs is 1. The largest absolute Gasteiger partial charge is 0.497 e. The lowest BCUT2D eigenvalue weighted by Crippen LogP contribution is -2.49. The fraction of sp³-hybridized carbons (Fsp3) is 0.379. The van der Waals surface area contributed by atoms with Crippen LogP contribution < -0.4 is 4.74 Å². The smallest absolute Gasteiger partial charge is 0.254 e. The van der Waals surface area contributed by atoms with Gasteiger partial charge in [-0.1, -0.05) is 18.2 Å². The Morgan fingerprint density at radius 1 is 1.05 bits per heavy atom. The molecule has 2 aliphatic rings. The zero-order valence-corrected chi connectivity index (χ0v) is 21.4. The van der Waals surface area contributed by atoms with Crippen molar-refractivity contribution in [3.05, 3.63) is 77.2 Å². The van der Waals surface area contributed by atoms with Crippen LogP contribution in [0.3, 0.4) is 0 Å². The van der Waals surface area contributed by atoms with E-state index < -0.39 is 0 Å². The van der Waals surface area contributed by atoms with Crippen LogP contribution in [0.1, 0.15) is 46.1 Å². The minimum atomic E-state index is 0.0766. The van der Waals surface area contributed by atoms with Crippen LogP contribution in [0.4, 0.5) is 0 Å². The molecule has 0 atom stereocenters. The number of methoxy groups -OCH3 is 1. The van der Waals surface area contributed by atoms with Crippen LogP contribution in [0.15, 0.2) is 54.7 Å². The van der Waals surface area contributed by atoms with Crippen molar-refractivity contribution in [3.8, 4) is 11.6 Å². The number of aryl methyl sites for hydroxylation is 1. The number of aromatic nitrogens is 4. The van der Waals surface area contributed by atoms with Gasteiger partial charge >= 0.3 is 0 Å². The second-order valence-electron chi connectivity index (χ2n) is 9.98. The molecule has 1 saturated heterocycles. The zero-order valence-electron chi connectivity index (χ0n) is 21.4. The summed E-state index contributed by atoms with van der Waals surface area (Å²) in [7, 11) is 1.69. The lowest BCUT2D eigenvalue weighted by molar-refractivity contribution is 0.0640. The first-order valence-electron chi connectivity index (χ1n) is 13.1. The number of nitrogens with zero attached hydrogens (tertiary/aromatic N) is 6. The first-order chi connectivity index (χ1) is 18.1. The summed E-state index contributed by atoms with van der Waals surface area (Å²) in [5.74, 6) is 2.10. The predicted molar refractivity (Wildman–Crippen MR) is 142 cm³/mol. The highest BCUT2D eigenvalue weighted by Gasteiger charge is 2.31. The lowest BCUT2D eigenvalue weighted by atomic mass is 10.1. The molecule has 4 aromatic rings. The molecule has 8 heteroatoms. The third kappa shape index (κ3) is 4.81. The fourth-order valence-corrected chi connectivity index (χ4v) is 5.13. The van der Waals surface area contributed by atoms with E-state index in [1.165, 1.54) is 5.56 Å². The van der Waals surface area contributed by atoms with Gasteiger partial charge in [0.1, 0.15) is 5.75 Å². The van der Waals surface area contributed by atoms with Gasteiger partial charge in [-0.3, -0.25) is 9.69 Å². The molecule has 0 radical (unpaired) electrons. The van der Waals surface area contributed by atoms with Crippen LogP contribution in [0.2, 0.25) is 0 Å². The molecule has 0 bridgehead atoms. The van der Waals surface area contributed by atoms with Gasteiger partial charge in [-0.15, -0.1) is 0 Å². The van der Waals surface area contributed by atoms with Gasteiger partial charge in [-0.05, 0) is 62.1 Å². The van der Waals surface area contributed by atoms with Crippen molar-refractivity contribution in [3.63, 3.8) is 0 Å². The number of piperazine rings is 1. The molecule has 6 rings (SSSR count). The second kappa shape index (κ2) is 9.94. The Hall–Kier alpha value is -3.78. The van der Waals surface area contributed by atoms with Crippen molar-refractivity contribution in [1.29, 1.82) is 0 Å². The van der Waals surface area contributed by atoms with Crippen molar-refractivity contribution in [2.75, 3.05) is 39.8 Å². The molecule has 1 aliphatic carbocycles.